The van der Waals surface area contributed by atoms with E-state index in [2.05, 4.69) is 55.3 Å². The van der Waals surface area contributed by atoms with Crippen LogP contribution in [-0.4, -0.2) is 109 Å². The van der Waals surface area contributed by atoms with Crippen molar-refractivity contribution < 1.29 is 19.7 Å². The molecule has 0 saturated carbocycles. The molecule has 4 fully saturated rings. The molecule has 0 radical (unpaired) electrons. The van der Waals surface area contributed by atoms with Crippen molar-refractivity contribution in [2.24, 2.45) is 0 Å². The highest BCUT2D eigenvalue weighted by Crippen LogP contribution is 2.26. The molecule has 0 aliphatic carbocycles. The number of hydrogen-bond donors (Lipinski definition) is 6. The highest BCUT2D eigenvalue weighted by atomic mass is 16.5. The van der Waals surface area contributed by atoms with Crippen LogP contribution in [0.15, 0.2) is 36.4 Å². The first kappa shape index (κ1) is 26.2. The Morgan fingerprint density at radius 3 is 1.47 bits per heavy atom. The number of aliphatic hydroxyl groups is 2. The molecule has 4 aliphatic heterocycles. The predicted molar refractivity (Wildman–Crippen MR) is 146 cm³/mol. The molecule has 10 nitrogen and oxygen atoms in total. The first-order chi connectivity index (χ1) is 18.7. The van der Waals surface area contributed by atoms with E-state index in [4.69, 9.17) is 9.47 Å². The minimum absolute atomic E-state index is 0.103. The molecule has 2 aromatic carbocycles. The van der Waals surface area contributed by atoms with Crippen LogP contribution < -0.4 is 30.7 Å². The van der Waals surface area contributed by atoms with Crippen molar-refractivity contribution >= 4 is 10.8 Å². The van der Waals surface area contributed by atoms with E-state index in [1.807, 2.05) is 12.1 Å². The molecule has 6 atom stereocenters. The maximum Gasteiger partial charge on any atom is 0.120 e. The molecule has 4 saturated heterocycles. The van der Waals surface area contributed by atoms with Crippen LogP contribution in [0.5, 0.6) is 11.5 Å². The van der Waals surface area contributed by atoms with E-state index in [1.54, 1.807) is 0 Å². The Kier molecular flexibility index (Phi) is 8.29. The number of benzene rings is 2. The van der Waals surface area contributed by atoms with E-state index >= 15 is 0 Å². The van der Waals surface area contributed by atoms with E-state index in [1.165, 1.54) is 0 Å². The van der Waals surface area contributed by atoms with Crippen LogP contribution in [0, 0.1) is 0 Å². The van der Waals surface area contributed by atoms with E-state index in [9.17, 15) is 10.2 Å². The number of rotatable bonds is 8. The van der Waals surface area contributed by atoms with Crippen molar-refractivity contribution in [3.8, 4) is 11.5 Å². The zero-order valence-electron chi connectivity index (χ0n) is 22.0. The van der Waals surface area contributed by atoms with Gasteiger partial charge in [0.1, 0.15) is 37.3 Å². The summed E-state index contributed by atoms with van der Waals surface area (Å²) in [5.74, 6) is 1.72. The van der Waals surface area contributed by atoms with Crippen molar-refractivity contribution in [3.05, 3.63) is 36.4 Å². The number of aliphatic hydroxyl groups excluding tert-OH is 2. The maximum absolute atomic E-state index is 9.51. The summed E-state index contributed by atoms with van der Waals surface area (Å²) in [6.07, 6.45) is 4.25. The molecule has 0 spiro atoms. The maximum atomic E-state index is 9.51. The summed E-state index contributed by atoms with van der Waals surface area (Å²) in [6.45, 7) is 5.64. The molecule has 0 bridgehead atoms. The standard InChI is InChI=1S/C28H42N6O4/c35-15-21-5-9-33-11-7-23(31-27(33)29-21)17-37-25-3-1-19-2-4-26(14-20(19)13-25)38-18-24-8-12-34-10-6-22(16-36)30-28(34)32-24/h1-4,13-14,21-24,27-32,35-36H,5-12,15-18H2/t21-,22-,23-,24-,27?,28?/m1/s1. The van der Waals surface area contributed by atoms with Gasteiger partial charge in [0.05, 0.1) is 13.2 Å². The number of nitrogens with zero attached hydrogens (tertiary/aromatic N) is 2. The monoisotopic (exact) mass is 526 g/mol. The van der Waals surface area contributed by atoms with Crippen molar-refractivity contribution in [1.29, 1.82) is 0 Å². The summed E-state index contributed by atoms with van der Waals surface area (Å²) in [6, 6.07) is 13.3. The van der Waals surface area contributed by atoms with Crippen LogP contribution in [0.1, 0.15) is 25.7 Å². The van der Waals surface area contributed by atoms with Crippen molar-refractivity contribution in [3.63, 3.8) is 0 Å². The largest absolute Gasteiger partial charge is 0.492 e. The van der Waals surface area contributed by atoms with Crippen LogP contribution in [0.2, 0.25) is 0 Å². The molecule has 0 aromatic heterocycles. The van der Waals surface area contributed by atoms with Gasteiger partial charge in [-0.15, -0.1) is 0 Å². The van der Waals surface area contributed by atoms with E-state index in [0.717, 1.165) is 74.1 Å². The molecule has 208 valence electrons. The van der Waals surface area contributed by atoms with Crippen LogP contribution in [0.3, 0.4) is 0 Å². The zero-order chi connectivity index (χ0) is 25.9. The number of nitrogens with one attached hydrogen (secondary N) is 4. The Labute approximate surface area is 224 Å². The lowest BCUT2D eigenvalue weighted by Gasteiger charge is -2.45. The van der Waals surface area contributed by atoms with Gasteiger partial charge in [-0.25, -0.2) is 0 Å². The summed E-state index contributed by atoms with van der Waals surface area (Å²) < 4.78 is 12.4. The molecule has 4 aliphatic rings. The molecule has 4 heterocycles. The zero-order valence-corrected chi connectivity index (χ0v) is 22.0. The van der Waals surface area contributed by atoms with Crippen LogP contribution in [-0.2, 0) is 0 Å². The molecule has 2 aromatic rings. The molecule has 6 rings (SSSR count). The molecular weight excluding hydrogens is 484 g/mol. The van der Waals surface area contributed by atoms with Gasteiger partial charge in [0, 0.05) is 50.3 Å². The molecule has 10 heteroatoms. The average Bonchev–Trinajstić information content (AvgIpc) is 2.97. The lowest BCUT2D eigenvalue weighted by atomic mass is 10.1. The lowest BCUT2D eigenvalue weighted by Crippen LogP contribution is -2.68. The molecule has 2 unspecified atom stereocenters. The number of ether oxygens (including phenoxy) is 2. The van der Waals surface area contributed by atoms with Gasteiger partial charge in [0.15, 0.2) is 0 Å². The SMILES string of the molecule is OC[C@H]1CCN2CC[C@H](COc3ccc4ccc(OC[C@H]5CCN6CC[C@H](CO)NC6N5)cc4c3)NC2N1. The fourth-order valence-electron chi connectivity index (χ4n) is 6.10. The molecular formula is C28H42N6O4. The fourth-order valence-corrected chi connectivity index (χ4v) is 6.10. The van der Waals surface area contributed by atoms with Crippen molar-refractivity contribution in [2.45, 2.75) is 62.4 Å². The predicted octanol–water partition coefficient (Wildman–Crippen LogP) is 0.201. The minimum Gasteiger partial charge on any atom is -0.492 e. The van der Waals surface area contributed by atoms with Crippen molar-refractivity contribution in [2.75, 3.05) is 52.6 Å². The third-order valence-electron chi connectivity index (χ3n) is 8.49. The van der Waals surface area contributed by atoms with Gasteiger partial charge < -0.3 is 19.7 Å². The molecule has 6 N–H and O–H groups in total. The highest BCUT2D eigenvalue weighted by molar-refractivity contribution is 5.85. The smallest absolute Gasteiger partial charge is 0.120 e. The summed E-state index contributed by atoms with van der Waals surface area (Å²) in [4.78, 5) is 4.80. The van der Waals surface area contributed by atoms with Crippen LogP contribution in [0.4, 0.5) is 0 Å². The van der Waals surface area contributed by atoms with Gasteiger partial charge in [0.25, 0.3) is 0 Å². The van der Waals surface area contributed by atoms with Gasteiger partial charge in [-0.2, -0.15) is 0 Å². The first-order valence-electron chi connectivity index (χ1n) is 14.2. The Bertz CT molecular complexity index is 996. The second kappa shape index (κ2) is 12.0. The number of hydrogen-bond acceptors (Lipinski definition) is 10. The number of fused-ring (bicyclic) bond motifs is 3. The summed E-state index contributed by atoms with van der Waals surface area (Å²) in [5.41, 5.74) is 0. The fraction of sp³-hybridized carbons (Fsp3) is 0.643. The Morgan fingerprint density at radius 2 is 1.03 bits per heavy atom. The first-order valence-corrected chi connectivity index (χ1v) is 14.2. The molecule has 0 amide bonds. The third kappa shape index (κ3) is 6.08. The minimum atomic E-state index is 0.103. The van der Waals surface area contributed by atoms with Gasteiger partial charge in [-0.3, -0.25) is 31.1 Å². The van der Waals surface area contributed by atoms with E-state index < -0.39 is 0 Å². The average molecular weight is 527 g/mol. The van der Waals surface area contributed by atoms with Gasteiger partial charge in [0.2, 0.25) is 0 Å². The Morgan fingerprint density at radius 1 is 0.605 bits per heavy atom. The van der Waals surface area contributed by atoms with E-state index in [0.29, 0.717) is 13.2 Å². The Hall–Kier alpha value is -2.02. The van der Waals surface area contributed by atoms with Crippen LogP contribution in [0.25, 0.3) is 10.8 Å². The summed E-state index contributed by atoms with van der Waals surface area (Å²) >= 11 is 0. The van der Waals surface area contributed by atoms with Crippen LogP contribution >= 0.6 is 0 Å². The van der Waals surface area contributed by atoms with Gasteiger partial charge >= 0.3 is 0 Å². The van der Waals surface area contributed by atoms with Crippen molar-refractivity contribution in [1.82, 2.24) is 31.1 Å². The summed E-state index contributed by atoms with van der Waals surface area (Å²) in [7, 11) is 0. The Balaban J connectivity index is 1.01. The lowest BCUT2D eigenvalue weighted by molar-refractivity contribution is 0.0147. The normalized spacial score (nSPS) is 32.5. The highest BCUT2D eigenvalue weighted by Gasteiger charge is 2.34. The van der Waals surface area contributed by atoms with Gasteiger partial charge in [-0.1, -0.05) is 12.1 Å². The quantitative estimate of drug-likeness (QED) is 0.285. The van der Waals surface area contributed by atoms with E-state index in [-0.39, 0.29) is 50.0 Å². The van der Waals surface area contributed by atoms with Gasteiger partial charge in [-0.05, 0) is 60.7 Å². The third-order valence-corrected chi connectivity index (χ3v) is 8.49. The molecule has 38 heavy (non-hydrogen) atoms. The second-order valence-corrected chi connectivity index (χ2v) is 11.1. The second-order valence-electron chi connectivity index (χ2n) is 11.1. The summed E-state index contributed by atoms with van der Waals surface area (Å²) in [5, 5.41) is 35.5. The topological polar surface area (TPSA) is 114 Å².